The average molecular weight is 384 g/mol. The van der Waals surface area contributed by atoms with Gasteiger partial charge in [0, 0.05) is 18.0 Å². The van der Waals surface area contributed by atoms with E-state index in [1.165, 1.54) is 18.5 Å². The Morgan fingerprint density at radius 1 is 1.00 bits per heavy atom. The quantitative estimate of drug-likeness (QED) is 0.637. The highest BCUT2D eigenvalue weighted by atomic mass is 19.4. The van der Waals surface area contributed by atoms with E-state index >= 15 is 0 Å². The molecule has 0 aliphatic carbocycles. The van der Waals surface area contributed by atoms with E-state index in [2.05, 4.69) is 4.98 Å². The highest BCUT2D eigenvalue weighted by molar-refractivity contribution is 6.07. The predicted octanol–water partition coefficient (Wildman–Crippen LogP) is 4.81. The van der Waals surface area contributed by atoms with Gasteiger partial charge in [-0.3, -0.25) is 9.78 Å². The van der Waals surface area contributed by atoms with Gasteiger partial charge in [-0.25, -0.2) is 0 Å². The largest absolute Gasteiger partial charge is 0.490 e. The maximum atomic E-state index is 13.0. The standard InChI is InChI=1S/C21H15F3N2O2/c22-21(23,24)17-5-3-4-14(11-17)15-10-16(13-25-12-15)20(27)26-8-9-28-19-7-2-1-6-18(19)26/h1-7,10-13H,8-9H2. The molecule has 0 saturated carbocycles. The Morgan fingerprint density at radius 2 is 1.82 bits per heavy atom. The topological polar surface area (TPSA) is 42.4 Å². The normalized spacial score (nSPS) is 13.6. The third kappa shape index (κ3) is 3.43. The van der Waals surface area contributed by atoms with Crippen LogP contribution in [0.5, 0.6) is 5.75 Å². The van der Waals surface area contributed by atoms with E-state index in [-0.39, 0.29) is 5.91 Å². The second-order valence-electron chi connectivity index (χ2n) is 6.31. The molecule has 1 aromatic heterocycles. The first-order valence-corrected chi connectivity index (χ1v) is 8.60. The molecule has 1 aliphatic heterocycles. The lowest BCUT2D eigenvalue weighted by molar-refractivity contribution is -0.137. The van der Waals surface area contributed by atoms with Gasteiger partial charge in [0.2, 0.25) is 0 Å². The van der Waals surface area contributed by atoms with Gasteiger partial charge in [0.1, 0.15) is 12.4 Å². The predicted molar refractivity (Wildman–Crippen MR) is 98.3 cm³/mol. The van der Waals surface area contributed by atoms with E-state index in [9.17, 15) is 18.0 Å². The first kappa shape index (κ1) is 18.0. The number of benzene rings is 2. The van der Waals surface area contributed by atoms with Crippen LogP contribution < -0.4 is 9.64 Å². The summed E-state index contributed by atoms with van der Waals surface area (Å²) in [5.41, 5.74) is 0.997. The number of halogens is 3. The molecule has 2 heterocycles. The van der Waals surface area contributed by atoms with Crippen molar-refractivity contribution in [2.45, 2.75) is 6.18 Å². The Hall–Kier alpha value is -3.35. The lowest BCUT2D eigenvalue weighted by atomic mass is 10.0. The summed E-state index contributed by atoms with van der Waals surface area (Å²) in [5.74, 6) is 0.334. The second kappa shape index (κ2) is 6.99. The maximum Gasteiger partial charge on any atom is 0.416 e. The molecule has 0 N–H and O–H groups in total. The molecular formula is C21H15F3N2O2. The Labute approximate surface area is 159 Å². The Bertz CT molecular complexity index is 1030. The highest BCUT2D eigenvalue weighted by Crippen LogP contribution is 2.34. The summed E-state index contributed by atoms with van der Waals surface area (Å²) in [6.45, 7) is 0.743. The number of nitrogens with zero attached hydrogens (tertiary/aromatic N) is 2. The van der Waals surface area contributed by atoms with Gasteiger partial charge in [-0.1, -0.05) is 24.3 Å². The molecule has 1 aliphatic rings. The number of rotatable bonds is 2. The lowest BCUT2D eigenvalue weighted by Gasteiger charge is -2.29. The van der Waals surface area contributed by atoms with Crippen LogP contribution in [0.2, 0.25) is 0 Å². The minimum absolute atomic E-state index is 0.280. The van der Waals surface area contributed by atoms with Crippen molar-refractivity contribution in [1.29, 1.82) is 0 Å². The molecule has 4 nitrogen and oxygen atoms in total. The minimum Gasteiger partial charge on any atom is -0.490 e. The van der Waals surface area contributed by atoms with Crippen LogP contribution in [0.25, 0.3) is 11.1 Å². The van der Waals surface area contributed by atoms with Crippen molar-refractivity contribution in [3.8, 4) is 16.9 Å². The number of fused-ring (bicyclic) bond motifs is 1. The molecule has 142 valence electrons. The summed E-state index contributed by atoms with van der Waals surface area (Å²) in [5, 5.41) is 0. The van der Waals surface area contributed by atoms with Gasteiger partial charge < -0.3 is 9.64 Å². The van der Waals surface area contributed by atoms with Crippen molar-refractivity contribution >= 4 is 11.6 Å². The summed E-state index contributed by atoms with van der Waals surface area (Å²) < 4.78 is 44.5. The van der Waals surface area contributed by atoms with Crippen molar-refractivity contribution in [2.75, 3.05) is 18.1 Å². The molecule has 0 unspecified atom stereocenters. The van der Waals surface area contributed by atoms with Crippen molar-refractivity contribution in [1.82, 2.24) is 4.98 Å². The molecule has 28 heavy (non-hydrogen) atoms. The van der Waals surface area contributed by atoms with Gasteiger partial charge in [0.05, 0.1) is 23.4 Å². The molecule has 0 spiro atoms. The number of para-hydroxylation sites is 2. The van der Waals surface area contributed by atoms with E-state index in [0.717, 1.165) is 12.1 Å². The van der Waals surface area contributed by atoms with E-state index in [4.69, 9.17) is 4.74 Å². The lowest BCUT2D eigenvalue weighted by Crippen LogP contribution is -2.38. The van der Waals surface area contributed by atoms with Crippen molar-refractivity contribution in [3.63, 3.8) is 0 Å². The number of hydrogen-bond acceptors (Lipinski definition) is 3. The van der Waals surface area contributed by atoms with Gasteiger partial charge in [-0.15, -0.1) is 0 Å². The molecule has 0 atom stereocenters. The van der Waals surface area contributed by atoms with Gasteiger partial charge in [-0.05, 0) is 35.9 Å². The van der Waals surface area contributed by atoms with Crippen LogP contribution in [-0.2, 0) is 6.18 Å². The number of carbonyl (C=O) groups is 1. The number of carbonyl (C=O) groups excluding carboxylic acids is 1. The van der Waals surface area contributed by atoms with E-state index in [1.54, 1.807) is 29.2 Å². The van der Waals surface area contributed by atoms with Gasteiger partial charge >= 0.3 is 6.18 Å². The van der Waals surface area contributed by atoms with Crippen LogP contribution in [0.4, 0.5) is 18.9 Å². The van der Waals surface area contributed by atoms with E-state index < -0.39 is 11.7 Å². The number of pyridine rings is 1. The fourth-order valence-electron chi connectivity index (χ4n) is 3.13. The first-order valence-electron chi connectivity index (χ1n) is 8.60. The molecule has 0 saturated heterocycles. The highest BCUT2D eigenvalue weighted by Gasteiger charge is 2.30. The van der Waals surface area contributed by atoms with Crippen LogP contribution in [0.15, 0.2) is 67.0 Å². The zero-order valence-corrected chi connectivity index (χ0v) is 14.6. The molecular weight excluding hydrogens is 369 g/mol. The molecule has 7 heteroatoms. The number of aromatic nitrogens is 1. The number of amides is 1. The van der Waals surface area contributed by atoms with Crippen LogP contribution in [0.3, 0.4) is 0 Å². The Morgan fingerprint density at radius 3 is 2.64 bits per heavy atom. The van der Waals surface area contributed by atoms with Gasteiger partial charge in [0.15, 0.2) is 0 Å². The summed E-state index contributed by atoms with van der Waals surface area (Å²) in [4.78, 5) is 18.7. The van der Waals surface area contributed by atoms with Gasteiger partial charge in [-0.2, -0.15) is 13.2 Å². The summed E-state index contributed by atoms with van der Waals surface area (Å²) >= 11 is 0. The smallest absolute Gasteiger partial charge is 0.416 e. The number of anilines is 1. The van der Waals surface area contributed by atoms with Crippen LogP contribution in [-0.4, -0.2) is 24.0 Å². The fourth-order valence-corrected chi connectivity index (χ4v) is 3.13. The van der Waals surface area contributed by atoms with Crippen LogP contribution in [0, 0.1) is 0 Å². The molecule has 1 amide bonds. The maximum absolute atomic E-state index is 13.0. The van der Waals surface area contributed by atoms with Crippen LogP contribution >= 0.6 is 0 Å². The fraction of sp³-hybridized carbons (Fsp3) is 0.143. The van der Waals surface area contributed by atoms with E-state index in [0.29, 0.717) is 41.3 Å². The number of alkyl halides is 3. The summed E-state index contributed by atoms with van der Waals surface area (Å²) in [6.07, 6.45) is -1.58. The van der Waals surface area contributed by atoms with Gasteiger partial charge in [0.25, 0.3) is 5.91 Å². The van der Waals surface area contributed by atoms with Crippen LogP contribution in [0.1, 0.15) is 15.9 Å². The third-order valence-electron chi connectivity index (χ3n) is 4.48. The molecule has 2 aromatic carbocycles. The molecule has 0 bridgehead atoms. The summed E-state index contributed by atoms with van der Waals surface area (Å²) in [7, 11) is 0. The third-order valence-corrected chi connectivity index (χ3v) is 4.48. The zero-order chi connectivity index (χ0) is 19.7. The first-order chi connectivity index (χ1) is 13.4. The van der Waals surface area contributed by atoms with Crippen molar-refractivity contribution in [2.24, 2.45) is 0 Å². The number of ether oxygens (including phenoxy) is 1. The molecule has 0 fully saturated rings. The molecule has 3 aromatic rings. The second-order valence-corrected chi connectivity index (χ2v) is 6.31. The average Bonchev–Trinajstić information content (AvgIpc) is 2.72. The molecule has 4 rings (SSSR count). The summed E-state index contributed by atoms with van der Waals surface area (Å²) in [6, 6.07) is 13.7. The Balaban J connectivity index is 1.68. The van der Waals surface area contributed by atoms with Crippen molar-refractivity contribution in [3.05, 3.63) is 78.1 Å². The number of hydrogen-bond donors (Lipinski definition) is 0. The molecule has 0 radical (unpaired) electrons. The minimum atomic E-state index is -4.44. The monoisotopic (exact) mass is 384 g/mol. The Kier molecular flexibility index (Phi) is 4.50. The van der Waals surface area contributed by atoms with Crippen molar-refractivity contribution < 1.29 is 22.7 Å². The SMILES string of the molecule is O=C(c1cncc(-c2cccc(C(F)(F)F)c2)c1)N1CCOc2ccccc21. The van der Waals surface area contributed by atoms with E-state index in [1.807, 2.05) is 12.1 Å². The zero-order valence-electron chi connectivity index (χ0n) is 14.6.